The summed E-state index contributed by atoms with van der Waals surface area (Å²) in [5, 5.41) is 0. The molecule has 0 heterocycles. The first-order chi connectivity index (χ1) is 7.77. The summed E-state index contributed by atoms with van der Waals surface area (Å²) in [6, 6.07) is 2.40. The van der Waals surface area contributed by atoms with Crippen LogP contribution in [0.15, 0.2) is 6.07 Å². The molecule has 0 radical (unpaired) electrons. The molecule has 0 N–H and O–H groups in total. The average Bonchev–Trinajstić information content (AvgIpc) is 2.19. The van der Waals surface area contributed by atoms with E-state index < -0.39 is 0 Å². The van der Waals surface area contributed by atoms with Gasteiger partial charge in [-0.1, -0.05) is 47.6 Å². The minimum absolute atomic E-state index is 0.615. The molecule has 0 aliphatic carbocycles. The van der Waals surface area contributed by atoms with E-state index in [2.05, 4.69) is 61.5 Å². The van der Waals surface area contributed by atoms with Crippen LogP contribution in [0.3, 0.4) is 0 Å². The van der Waals surface area contributed by atoms with Gasteiger partial charge in [0, 0.05) is 0 Å². The number of benzene rings is 1. The largest absolute Gasteiger partial charge is 0.0587 e. The van der Waals surface area contributed by atoms with Crippen LogP contribution in [0.25, 0.3) is 0 Å². The van der Waals surface area contributed by atoms with E-state index in [1.807, 2.05) is 0 Å². The standard InChI is InChI=1S/C17H28/c1-10(2)15-9-13(7)14(8)16(11(3)4)17(15)12(5)6/h9-12H,1-8H3. The minimum atomic E-state index is 0.615. The Morgan fingerprint density at radius 2 is 1.18 bits per heavy atom. The van der Waals surface area contributed by atoms with E-state index in [-0.39, 0.29) is 0 Å². The molecule has 0 saturated carbocycles. The predicted molar refractivity (Wildman–Crippen MR) is 78.2 cm³/mol. The molecule has 96 valence electrons. The second-order valence-electron chi connectivity index (χ2n) is 6.20. The molecule has 1 aromatic rings. The Kier molecular flexibility index (Phi) is 4.41. The SMILES string of the molecule is Cc1cc(C(C)C)c(C(C)C)c(C(C)C)c1C. The summed E-state index contributed by atoms with van der Waals surface area (Å²) >= 11 is 0. The molecule has 0 saturated heterocycles. The van der Waals surface area contributed by atoms with E-state index in [9.17, 15) is 0 Å². The third-order valence-corrected chi connectivity index (χ3v) is 3.75. The fourth-order valence-corrected chi connectivity index (χ4v) is 2.86. The highest BCUT2D eigenvalue weighted by Gasteiger charge is 2.19. The van der Waals surface area contributed by atoms with Crippen LogP contribution in [-0.4, -0.2) is 0 Å². The third kappa shape index (κ3) is 2.73. The number of hydrogen-bond acceptors (Lipinski definition) is 0. The molecular weight excluding hydrogens is 204 g/mol. The van der Waals surface area contributed by atoms with Gasteiger partial charge in [-0.2, -0.15) is 0 Å². The lowest BCUT2D eigenvalue weighted by Gasteiger charge is -2.26. The molecule has 17 heavy (non-hydrogen) atoms. The molecule has 1 rings (SSSR count). The number of hydrogen-bond donors (Lipinski definition) is 0. The molecule has 0 fully saturated rings. The normalized spacial score (nSPS) is 11.9. The van der Waals surface area contributed by atoms with Crippen molar-refractivity contribution in [3.63, 3.8) is 0 Å². The maximum Gasteiger partial charge on any atom is -0.0213 e. The lowest BCUT2D eigenvalue weighted by Crippen LogP contribution is -2.09. The molecule has 0 atom stereocenters. The lowest BCUT2D eigenvalue weighted by molar-refractivity contribution is 0.741. The molecule has 0 amide bonds. The zero-order chi connectivity index (χ0) is 13.3. The smallest absolute Gasteiger partial charge is 0.0213 e. The summed E-state index contributed by atoms with van der Waals surface area (Å²) < 4.78 is 0. The van der Waals surface area contributed by atoms with E-state index in [1.54, 1.807) is 16.7 Å². The molecule has 0 spiro atoms. The molecule has 1 aromatic carbocycles. The lowest BCUT2D eigenvalue weighted by atomic mass is 9.79. The van der Waals surface area contributed by atoms with Crippen LogP contribution in [0.1, 0.15) is 87.1 Å². The summed E-state index contributed by atoms with van der Waals surface area (Å²) in [6.45, 7) is 18.4. The van der Waals surface area contributed by atoms with Crippen molar-refractivity contribution in [2.45, 2.75) is 73.1 Å². The van der Waals surface area contributed by atoms with Crippen LogP contribution in [0, 0.1) is 13.8 Å². The van der Waals surface area contributed by atoms with Crippen LogP contribution < -0.4 is 0 Å². The molecule has 0 unspecified atom stereocenters. The van der Waals surface area contributed by atoms with Gasteiger partial charge >= 0.3 is 0 Å². The Morgan fingerprint density at radius 1 is 0.706 bits per heavy atom. The summed E-state index contributed by atoms with van der Waals surface area (Å²) in [5.74, 6) is 1.85. The van der Waals surface area contributed by atoms with Crippen molar-refractivity contribution in [1.29, 1.82) is 0 Å². The van der Waals surface area contributed by atoms with Gasteiger partial charge in [0.2, 0.25) is 0 Å². The Balaban J connectivity index is 3.64. The summed E-state index contributed by atoms with van der Waals surface area (Å²) in [5.41, 5.74) is 7.67. The fraction of sp³-hybridized carbons (Fsp3) is 0.647. The summed E-state index contributed by atoms with van der Waals surface area (Å²) in [4.78, 5) is 0. The average molecular weight is 232 g/mol. The Hall–Kier alpha value is -0.780. The maximum atomic E-state index is 2.40. The number of rotatable bonds is 3. The minimum Gasteiger partial charge on any atom is -0.0587 e. The van der Waals surface area contributed by atoms with Crippen molar-refractivity contribution in [2.24, 2.45) is 0 Å². The molecule has 0 heteroatoms. The van der Waals surface area contributed by atoms with E-state index in [0.29, 0.717) is 17.8 Å². The van der Waals surface area contributed by atoms with Crippen molar-refractivity contribution in [1.82, 2.24) is 0 Å². The van der Waals surface area contributed by atoms with E-state index in [1.165, 1.54) is 11.1 Å². The molecule has 0 aliphatic heterocycles. The molecule has 0 aliphatic rings. The van der Waals surface area contributed by atoms with Crippen LogP contribution in [-0.2, 0) is 0 Å². The zero-order valence-electron chi connectivity index (χ0n) is 12.8. The van der Waals surface area contributed by atoms with Gasteiger partial charge in [-0.15, -0.1) is 0 Å². The topological polar surface area (TPSA) is 0 Å². The first-order valence-electron chi connectivity index (χ1n) is 6.91. The molecule has 0 bridgehead atoms. The van der Waals surface area contributed by atoms with Crippen LogP contribution in [0.4, 0.5) is 0 Å². The molecule has 0 aromatic heterocycles. The van der Waals surface area contributed by atoms with Gasteiger partial charge in [0.1, 0.15) is 0 Å². The van der Waals surface area contributed by atoms with Crippen molar-refractivity contribution in [2.75, 3.05) is 0 Å². The quantitative estimate of drug-likeness (QED) is 0.629. The Labute approximate surface area is 107 Å². The van der Waals surface area contributed by atoms with Gasteiger partial charge in [0.25, 0.3) is 0 Å². The number of aryl methyl sites for hydroxylation is 1. The van der Waals surface area contributed by atoms with Crippen molar-refractivity contribution in [3.8, 4) is 0 Å². The van der Waals surface area contributed by atoms with Gasteiger partial charge in [0.15, 0.2) is 0 Å². The first-order valence-corrected chi connectivity index (χ1v) is 6.91. The Morgan fingerprint density at radius 3 is 1.53 bits per heavy atom. The van der Waals surface area contributed by atoms with E-state index in [4.69, 9.17) is 0 Å². The van der Waals surface area contributed by atoms with Crippen molar-refractivity contribution >= 4 is 0 Å². The summed E-state index contributed by atoms with van der Waals surface area (Å²) in [6.07, 6.45) is 0. The Bertz CT molecular complexity index is 395. The fourth-order valence-electron chi connectivity index (χ4n) is 2.86. The maximum absolute atomic E-state index is 2.40. The van der Waals surface area contributed by atoms with Crippen molar-refractivity contribution in [3.05, 3.63) is 33.9 Å². The predicted octanol–water partition coefficient (Wildman–Crippen LogP) is 5.67. The third-order valence-electron chi connectivity index (χ3n) is 3.75. The highest BCUT2D eigenvalue weighted by atomic mass is 14.2. The highest BCUT2D eigenvalue weighted by Crippen LogP contribution is 2.36. The van der Waals surface area contributed by atoms with Gasteiger partial charge in [0.05, 0.1) is 0 Å². The molecule has 0 nitrogen and oxygen atoms in total. The monoisotopic (exact) mass is 232 g/mol. The van der Waals surface area contributed by atoms with E-state index in [0.717, 1.165) is 0 Å². The van der Waals surface area contributed by atoms with Gasteiger partial charge < -0.3 is 0 Å². The van der Waals surface area contributed by atoms with Crippen LogP contribution in [0.5, 0.6) is 0 Å². The molecular formula is C17H28. The first kappa shape index (κ1) is 14.3. The van der Waals surface area contributed by atoms with Crippen LogP contribution in [0.2, 0.25) is 0 Å². The van der Waals surface area contributed by atoms with Gasteiger partial charge in [-0.3, -0.25) is 0 Å². The van der Waals surface area contributed by atoms with E-state index >= 15 is 0 Å². The summed E-state index contributed by atoms with van der Waals surface area (Å²) in [7, 11) is 0. The van der Waals surface area contributed by atoms with Crippen molar-refractivity contribution < 1.29 is 0 Å². The second kappa shape index (κ2) is 5.25. The zero-order valence-corrected chi connectivity index (χ0v) is 12.8. The van der Waals surface area contributed by atoms with Gasteiger partial charge in [-0.25, -0.2) is 0 Å². The van der Waals surface area contributed by atoms with Gasteiger partial charge in [-0.05, 0) is 59.4 Å². The second-order valence-corrected chi connectivity index (χ2v) is 6.20. The van der Waals surface area contributed by atoms with Crippen LogP contribution >= 0.6 is 0 Å². The highest BCUT2D eigenvalue weighted by molar-refractivity contribution is 5.49.